The van der Waals surface area contributed by atoms with Gasteiger partial charge in [-0.1, -0.05) is 36.4 Å². The monoisotopic (exact) mass is 554 g/mol. The number of ether oxygens (including phenoxy) is 1. The Morgan fingerprint density at radius 2 is 1.69 bits per heavy atom. The number of hydrogen-bond donors (Lipinski definition) is 1. The summed E-state index contributed by atoms with van der Waals surface area (Å²) in [6, 6.07) is 10.3. The Morgan fingerprint density at radius 3 is 2.31 bits per heavy atom. The van der Waals surface area contributed by atoms with Crippen LogP contribution in [0.1, 0.15) is 51.3 Å². The molecule has 0 bridgehead atoms. The summed E-state index contributed by atoms with van der Waals surface area (Å²) in [7, 11) is 1.26. The lowest BCUT2D eigenvalue weighted by atomic mass is 10.0. The molecule has 1 aromatic heterocycles. The molecule has 0 fully saturated rings. The first-order valence-electron chi connectivity index (χ1n) is 11.8. The van der Waals surface area contributed by atoms with Crippen molar-refractivity contribution in [2.75, 3.05) is 18.6 Å². The van der Waals surface area contributed by atoms with Crippen LogP contribution in [-0.4, -0.2) is 35.3 Å². The molecule has 4 rings (SSSR count). The maximum atomic E-state index is 13.9. The molecule has 208 valence electrons. The Kier molecular flexibility index (Phi) is 7.62. The van der Waals surface area contributed by atoms with Crippen LogP contribution in [0.2, 0.25) is 0 Å². The fraction of sp³-hybridized carbons (Fsp3) is 0.346. The molecule has 0 aliphatic carbocycles. The summed E-state index contributed by atoms with van der Waals surface area (Å²) >= 11 is 0. The smallest absolute Gasteiger partial charge is 0.436 e. The van der Waals surface area contributed by atoms with Gasteiger partial charge in [0.05, 0.1) is 31.7 Å². The number of carbonyl (C=O) groups is 2. The van der Waals surface area contributed by atoms with Gasteiger partial charge in [0.25, 0.3) is 5.91 Å². The van der Waals surface area contributed by atoms with Crippen molar-refractivity contribution in [2.45, 2.75) is 44.8 Å². The second-order valence-corrected chi connectivity index (χ2v) is 9.08. The van der Waals surface area contributed by atoms with Gasteiger partial charge in [-0.3, -0.25) is 9.59 Å². The van der Waals surface area contributed by atoms with Gasteiger partial charge in [0.2, 0.25) is 0 Å². The topological polar surface area (TPSA) is 76.5 Å². The fourth-order valence-corrected chi connectivity index (χ4v) is 4.39. The number of halogens is 6. The lowest BCUT2D eigenvalue weighted by Crippen LogP contribution is -2.31. The van der Waals surface area contributed by atoms with Gasteiger partial charge in [0, 0.05) is 13.1 Å². The molecule has 1 N–H and O–H groups in total. The predicted molar refractivity (Wildman–Crippen MR) is 128 cm³/mol. The molecule has 39 heavy (non-hydrogen) atoms. The standard InChI is InChI=1S/C26H24F6N4O3/c1-15(18-8-6-16(7-9-18)13-20(37)39-2)33-23(38)21-22(26(30,31)32)34-36-11-10-35(24(21)36)14-17-4-3-5-19(12-17)25(27,28)29/h3-9,12,15H,10-11,13-14H2,1-2H3,(H,33,38). The Morgan fingerprint density at radius 1 is 1.00 bits per heavy atom. The van der Waals surface area contributed by atoms with E-state index in [9.17, 15) is 35.9 Å². The van der Waals surface area contributed by atoms with E-state index in [1.807, 2.05) is 0 Å². The summed E-state index contributed by atoms with van der Waals surface area (Å²) in [4.78, 5) is 26.1. The zero-order valence-electron chi connectivity index (χ0n) is 20.9. The van der Waals surface area contributed by atoms with E-state index in [0.717, 1.165) is 16.8 Å². The first kappa shape index (κ1) is 28.0. The molecule has 0 saturated heterocycles. The number of hydrogen-bond acceptors (Lipinski definition) is 5. The van der Waals surface area contributed by atoms with Crippen molar-refractivity contribution in [1.29, 1.82) is 0 Å². The van der Waals surface area contributed by atoms with Crippen molar-refractivity contribution in [3.63, 3.8) is 0 Å². The third-order valence-corrected chi connectivity index (χ3v) is 6.33. The molecule has 2 heterocycles. The highest BCUT2D eigenvalue weighted by Crippen LogP contribution is 2.39. The van der Waals surface area contributed by atoms with E-state index in [4.69, 9.17) is 0 Å². The summed E-state index contributed by atoms with van der Waals surface area (Å²) in [5, 5.41) is 6.19. The Labute approximate surface area is 219 Å². The van der Waals surface area contributed by atoms with Crippen molar-refractivity contribution >= 4 is 17.7 Å². The Hall–Kier alpha value is -4.03. The first-order chi connectivity index (χ1) is 18.3. The summed E-state index contributed by atoms with van der Waals surface area (Å²) in [6.07, 6.45) is -9.48. The van der Waals surface area contributed by atoms with Crippen molar-refractivity contribution in [3.05, 3.63) is 82.0 Å². The average molecular weight is 554 g/mol. The average Bonchev–Trinajstić information content (AvgIpc) is 3.44. The first-order valence-corrected chi connectivity index (χ1v) is 11.8. The van der Waals surface area contributed by atoms with Crippen molar-refractivity contribution in [2.24, 2.45) is 0 Å². The summed E-state index contributed by atoms with van der Waals surface area (Å²) in [6.45, 7) is 1.63. The van der Waals surface area contributed by atoms with Crippen LogP contribution in [0.5, 0.6) is 0 Å². The lowest BCUT2D eigenvalue weighted by Gasteiger charge is -2.21. The predicted octanol–water partition coefficient (Wildman–Crippen LogP) is 5.15. The number of rotatable bonds is 7. The zero-order chi connectivity index (χ0) is 28.5. The normalized spacial score (nSPS) is 14.2. The minimum atomic E-state index is -4.94. The van der Waals surface area contributed by atoms with Gasteiger partial charge in [-0.25, -0.2) is 4.68 Å². The number of nitrogens with zero attached hydrogens (tertiary/aromatic N) is 3. The quantitative estimate of drug-likeness (QED) is 0.323. The van der Waals surface area contributed by atoms with E-state index in [2.05, 4.69) is 15.2 Å². The van der Waals surface area contributed by atoms with E-state index in [-0.39, 0.29) is 37.4 Å². The van der Waals surface area contributed by atoms with Gasteiger partial charge in [0.1, 0.15) is 11.4 Å². The molecule has 1 aliphatic rings. The lowest BCUT2D eigenvalue weighted by molar-refractivity contribution is -0.142. The molecule has 0 saturated carbocycles. The number of esters is 1. The summed E-state index contributed by atoms with van der Waals surface area (Å²) in [5.41, 5.74) is -1.49. The SMILES string of the molecule is COC(=O)Cc1ccc(C(C)NC(=O)c2c(C(F)(F)F)nn3c2N(Cc2cccc(C(F)(F)F)c2)CC3)cc1. The maximum Gasteiger partial charge on any atom is 0.436 e. The molecular weight excluding hydrogens is 530 g/mol. The number of amides is 1. The Balaban J connectivity index is 1.60. The highest BCUT2D eigenvalue weighted by atomic mass is 19.4. The van der Waals surface area contributed by atoms with Gasteiger partial charge in [-0.05, 0) is 35.7 Å². The molecule has 0 spiro atoms. The summed E-state index contributed by atoms with van der Waals surface area (Å²) < 4.78 is 86.8. The molecule has 0 radical (unpaired) electrons. The van der Waals surface area contributed by atoms with Crippen LogP contribution in [0.3, 0.4) is 0 Å². The third-order valence-electron chi connectivity index (χ3n) is 6.33. The van der Waals surface area contributed by atoms with Crippen LogP contribution in [0.15, 0.2) is 48.5 Å². The molecular formula is C26H24F6N4O3. The largest absolute Gasteiger partial charge is 0.469 e. The van der Waals surface area contributed by atoms with E-state index in [1.54, 1.807) is 31.2 Å². The van der Waals surface area contributed by atoms with Crippen LogP contribution >= 0.6 is 0 Å². The summed E-state index contributed by atoms with van der Waals surface area (Å²) in [5.74, 6) is -1.57. The van der Waals surface area contributed by atoms with Gasteiger partial charge in [-0.15, -0.1) is 0 Å². The highest BCUT2D eigenvalue weighted by molar-refractivity contribution is 6.01. The molecule has 13 heteroatoms. The van der Waals surface area contributed by atoms with Crippen molar-refractivity contribution in [3.8, 4) is 0 Å². The second kappa shape index (κ2) is 10.6. The van der Waals surface area contributed by atoms with Crippen LogP contribution in [-0.2, 0) is 41.4 Å². The number of methoxy groups -OCH3 is 1. The molecule has 7 nitrogen and oxygen atoms in total. The van der Waals surface area contributed by atoms with Gasteiger partial charge in [0.15, 0.2) is 5.69 Å². The molecule has 1 atom stereocenters. The van der Waals surface area contributed by atoms with Crippen LogP contribution in [0, 0.1) is 0 Å². The van der Waals surface area contributed by atoms with E-state index in [1.165, 1.54) is 24.1 Å². The van der Waals surface area contributed by atoms with Gasteiger partial charge < -0.3 is 15.0 Å². The van der Waals surface area contributed by atoms with Crippen molar-refractivity contribution in [1.82, 2.24) is 15.1 Å². The number of aromatic nitrogens is 2. The minimum Gasteiger partial charge on any atom is -0.469 e. The molecule has 1 amide bonds. The van der Waals surface area contributed by atoms with E-state index in [0.29, 0.717) is 11.1 Å². The number of alkyl halides is 6. The number of carbonyl (C=O) groups excluding carboxylic acids is 2. The fourth-order valence-electron chi connectivity index (χ4n) is 4.39. The molecule has 3 aromatic rings. The molecule has 1 unspecified atom stereocenters. The number of nitrogens with one attached hydrogen (secondary N) is 1. The van der Waals surface area contributed by atoms with E-state index >= 15 is 0 Å². The van der Waals surface area contributed by atoms with Gasteiger partial charge >= 0.3 is 18.3 Å². The maximum absolute atomic E-state index is 13.9. The zero-order valence-corrected chi connectivity index (χ0v) is 20.9. The molecule has 1 aliphatic heterocycles. The van der Waals surface area contributed by atoms with Crippen LogP contribution < -0.4 is 10.2 Å². The van der Waals surface area contributed by atoms with Crippen LogP contribution in [0.4, 0.5) is 32.2 Å². The Bertz CT molecular complexity index is 1370. The van der Waals surface area contributed by atoms with E-state index < -0.39 is 47.1 Å². The highest BCUT2D eigenvalue weighted by Gasteiger charge is 2.44. The number of fused-ring (bicyclic) bond motifs is 1. The van der Waals surface area contributed by atoms with Crippen molar-refractivity contribution < 1.29 is 40.7 Å². The second-order valence-electron chi connectivity index (χ2n) is 9.08. The minimum absolute atomic E-state index is 0.0296. The molecule has 2 aromatic carbocycles. The third kappa shape index (κ3) is 6.18. The number of anilines is 1. The number of benzene rings is 2. The van der Waals surface area contributed by atoms with Gasteiger partial charge in [-0.2, -0.15) is 31.4 Å². The van der Waals surface area contributed by atoms with Crippen LogP contribution in [0.25, 0.3) is 0 Å².